The molecule has 0 aliphatic carbocycles. The lowest BCUT2D eigenvalue weighted by Crippen LogP contribution is -2.32. The van der Waals surface area contributed by atoms with Crippen molar-refractivity contribution in [2.24, 2.45) is 0 Å². The van der Waals surface area contributed by atoms with Crippen molar-refractivity contribution < 1.29 is 9.90 Å². The maximum absolute atomic E-state index is 12.9. The number of aliphatic hydroxyl groups is 1. The molecule has 0 saturated carbocycles. The molecule has 4 aromatic rings. The van der Waals surface area contributed by atoms with Crippen LogP contribution in [0.2, 0.25) is 0 Å². The van der Waals surface area contributed by atoms with E-state index < -0.39 is 12.1 Å². The van der Waals surface area contributed by atoms with E-state index in [9.17, 15) is 9.90 Å². The SMILES string of the molecule is Nc1ncc(-c2ccc(C(O)N3CCCNCC3)cc2)nc1C(=O)Nc1nc2ccccc2s1. The highest BCUT2D eigenvalue weighted by Crippen LogP contribution is 2.27. The van der Waals surface area contributed by atoms with Crippen LogP contribution >= 0.6 is 11.3 Å². The fourth-order valence-corrected chi connectivity index (χ4v) is 4.80. The Bertz CT molecular complexity index is 1270. The maximum Gasteiger partial charge on any atom is 0.279 e. The second-order valence-electron chi connectivity index (χ2n) is 8.07. The molecule has 1 saturated heterocycles. The minimum atomic E-state index is -0.665. The number of anilines is 2. The molecule has 5 N–H and O–H groups in total. The average Bonchev–Trinajstić information content (AvgIpc) is 3.07. The van der Waals surface area contributed by atoms with Gasteiger partial charge in [-0.05, 0) is 30.7 Å². The van der Waals surface area contributed by atoms with Gasteiger partial charge in [0.25, 0.3) is 5.91 Å². The van der Waals surface area contributed by atoms with Crippen LogP contribution in [0.5, 0.6) is 0 Å². The first kappa shape index (κ1) is 22.4. The molecule has 174 valence electrons. The predicted octanol–water partition coefficient (Wildman–Crippen LogP) is 2.87. The molecule has 0 spiro atoms. The Balaban J connectivity index is 1.34. The Labute approximate surface area is 200 Å². The quantitative estimate of drug-likeness (QED) is 0.347. The number of nitrogen functional groups attached to an aromatic ring is 1. The highest BCUT2D eigenvalue weighted by molar-refractivity contribution is 7.22. The summed E-state index contributed by atoms with van der Waals surface area (Å²) < 4.78 is 0.976. The number of para-hydroxylation sites is 1. The molecule has 2 aromatic heterocycles. The number of carbonyl (C=O) groups excluding carboxylic acids is 1. The third kappa shape index (κ3) is 4.75. The Morgan fingerprint density at radius 2 is 1.94 bits per heavy atom. The summed E-state index contributed by atoms with van der Waals surface area (Å²) in [7, 11) is 0. The molecule has 10 heteroatoms. The lowest BCUT2D eigenvalue weighted by atomic mass is 10.1. The summed E-state index contributed by atoms with van der Waals surface area (Å²) in [5.41, 5.74) is 8.91. The third-order valence-electron chi connectivity index (χ3n) is 5.76. The number of fused-ring (bicyclic) bond motifs is 1. The van der Waals surface area contributed by atoms with E-state index in [2.05, 4.69) is 30.5 Å². The molecule has 0 radical (unpaired) electrons. The van der Waals surface area contributed by atoms with Crippen LogP contribution in [0.4, 0.5) is 10.9 Å². The van der Waals surface area contributed by atoms with E-state index in [-0.39, 0.29) is 11.5 Å². The molecule has 1 amide bonds. The summed E-state index contributed by atoms with van der Waals surface area (Å²) >= 11 is 1.38. The van der Waals surface area contributed by atoms with Gasteiger partial charge in [-0.2, -0.15) is 0 Å². The number of hydrogen-bond acceptors (Lipinski definition) is 9. The van der Waals surface area contributed by atoms with E-state index in [0.29, 0.717) is 10.8 Å². The number of rotatable bonds is 5. The number of nitrogens with one attached hydrogen (secondary N) is 2. The first-order valence-electron chi connectivity index (χ1n) is 11.1. The molecule has 1 aliphatic heterocycles. The van der Waals surface area contributed by atoms with Gasteiger partial charge in [0.2, 0.25) is 0 Å². The van der Waals surface area contributed by atoms with Gasteiger partial charge in [0.05, 0.1) is 22.1 Å². The molecule has 1 fully saturated rings. The lowest BCUT2D eigenvalue weighted by Gasteiger charge is -2.26. The van der Waals surface area contributed by atoms with Crippen LogP contribution in [-0.2, 0) is 0 Å². The number of carbonyl (C=O) groups is 1. The molecule has 1 aliphatic rings. The van der Waals surface area contributed by atoms with Crippen molar-refractivity contribution in [2.45, 2.75) is 12.6 Å². The van der Waals surface area contributed by atoms with Crippen molar-refractivity contribution in [2.75, 3.05) is 37.2 Å². The number of hydrogen-bond donors (Lipinski definition) is 4. The first-order valence-corrected chi connectivity index (χ1v) is 11.9. The van der Waals surface area contributed by atoms with Crippen molar-refractivity contribution in [3.05, 3.63) is 66.0 Å². The molecule has 1 unspecified atom stereocenters. The van der Waals surface area contributed by atoms with Crippen molar-refractivity contribution in [1.82, 2.24) is 25.2 Å². The minimum absolute atomic E-state index is 0.0398. The third-order valence-corrected chi connectivity index (χ3v) is 6.71. The number of aliphatic hydroxyl groups excluding tert-OH is 1. The van der Waals surface area contributed by atoms with E-state index in [1.807, 2.05) is 48.5 Å². The summed E-state index contributed by atoms with van der Waals surface area (Å²) in [5, 5.41) is 17.4. The van der Waals surface area contributed by atoms with Crippen LogP contribution in [0, 0.1) is 0 Å². The number of amides is 1. The zero-order chi connectivity index (χ0) is 23.5. The van der Waals surface area contributed by atoms with Crippen LogP contribution < -0.4 is 16.4 Å². The average molecular weight is 476 g/mol. The van der Waals surface area contributed by atoms with E-state index in [1.54, 1.807) is 0 Å². The van der Waals surface area contributed by atoms with Gasteiger partial charge in [-0.1, -0.05) is 47.7 Å². The smallest absolute Gasteiger partial charge is 0.279 e. The van der Waals surface area contributed by atoms with E-state index in [1.165, 1.54) is 17.5 Å². The zero-order valence-electron chi connectivity index (χ0n) is 18.4. The number of aromatic nitrogens is 3. The van der Waals surface area contributed by atoms with Crippen molar-refractivity contribution in [3.8, 4) is 11.3 Å². The Kier molecular flexibility index (Phi) is 6.45. The molecule has 9 nitrogen and oxygen atoms in total. The van der Waals surface area contributed by atoms with E-state index in [4.69, 9.17) is 5.73 Å². The Morgan fingerprint density at radius 1 is 1.12 bits per heavy atom. The van der Waals surface area contributed by atoms with Gasteiger partial charge in [-0.15, -0.1) is 0 Å². The van der Waals surface area contributed by atoms with Gasteiger partial charge in [0, 0.05) is 25.2 Å². The van der Waals surface area contributed by atoms with Gasteiger partial charge < -0.3 is 16.2 Å². The number of benzene rings is 2. The topological polar surface area (TPSA) is 129 Å². The summed E-state index contributed by atoms with van der Waals surface area (Å²) in [6.45, 7) is 3.46. The molecular weight excluding hydrogens is 450 g/mol. The standard InChI is InChI=1S/C24H25N7O2S/c25-21-20(22(32)30-24-29-17-4-1-2-5-19(17)34-24)28-18(14-27-21)15-6-8-16(9-7-15)23(33)31-12-3-10-26-11-13-31/h1-2,4-9,14,23,26,33H,3,10-13H2,(H2,25,27)(H,29,30,32). The molecule has 0 bridgehead atoms. The molecule has 3 heterocycles. The molecule has 34 heavy (non-hydrogen) atoms. The van der Waals surface area contributed by atoms with Gasteiger partial charge in [0.1, 0.15) is 6.23 Å². The largest absolute Gasteiger partial charge is 0.382 e. The highest BCUT2D eigenvalue weighted by Gasteiger charge is 2.20. The molecule has 2 aromatic carbocycles. The van der Waals surface area contributed by atoms with Crippen LogP contribution in [0.15, 0.2) is 54.7 Å². The van der Waals surface area contributed by atoms with E-state index >= 15 is 0 Å². The van der Waals surface area contributed by atoms with Gasteiger partial charge in [-0.3, -0.25) is 15.0 Å². The van der Waals surface area contributed by atoms with Crippen LogP contribution in [0.1, 0.15) is 28.7 Å². The van der Waals surface area contributed by atoms with Gasteiger partial charge in [-0.25, -0.2) is 15.0 Å². The monoisotopic (exact) mass is 475 g/mol. The molecule has 5 rings (SSSR count). The summed E-state index contributed by atoms with van der Waals surface area (Å²) in [4.78, 5) is 28.0. The lowest BCUT2D eigenvalue weighted by molar-refractivity contribution is 0.00622. The summed E-state index contributed by atoms with van der Waals surface area (Å²) in [6, 6.07) is 15.1. The maximum atomic E-state index is 12.9. The molecule has 1 atom stereocenters. The second kappa shape index (κ2) is 9.82. The first-order chi connectivity index (χ1) is 16.6. The van der Waals surface area contributed by atoms with Gasteiger partial charge in [0.15, 0.2) is 16.6 Å². The number of nitrogens with zero attached hydrogens (tertiary/aromatic N) is 4. The van der Waals surface area contributed by atoms with Crippen molar-refractivity contribution >= 4 is 38.4 Å². The summed E-state index contributed by atoms with van der Waals surface area (Å²) in [6.07, 6.45) is 1.87. The fourth-order valence-electron chi connectivity index (χ4n) is 3.93. The zero-order valence-corrected chi connectivity index (χ0v) is 19.3. The Morgan fingerprint density at radius 3 is 2.76 bits per heavy atom. The normalized spacial score (nSPS) is 15.7. The van der Waals surface area contributed by atoms with Crippen molar-refractivity contribution in [1.29, 1.82) is 0 Å². The summed E-state index contributed by atoms with van der Waals surface area (Å²) in [5.74, 6) is -0.420. The fraction of sp³-hybridized carbons (Fsp3) is 0.250. The molecular formula is C24H25N7O2S. The predicted molar refractivity (Wildman–Crippen MR) is 133 cm³/mol. The highest BCUT2D eigenvalue weighted by atomic mass is 32.1. The number of thiazole rings is 1. The van der Waals surface area contributed by atoms with Crippen LogP contribution in [0.3, 0.4) is 0 Å². The number of nitrogens with two attached hydrogens (primary N) is 1. The Hall–Kier alpha value is -3.44. The van der Waals surface area contributed by atoms with Gasteiger partial charge >= 0.3 is 0 Å². The second-order valence-corrected chi connectivity index (χ2v) is 9.10. The van der Waals surface area contributed by atoms with Crippen molar-refractivity contribution in [3.63, 3.8) is 0 Å². The van der Waals surface area contributed by atoms with Crippen LogP contribution in [0.25, 0.3) is 21.5 Å². The van der Waals surface area contributed by atoms with E-state index in [0.717, 1.165) is 53.9 Å². The van der Waals surface area contributed by atoms with Crippen LogP contribution in [-0.4, -0.2) is 57.0 Å². The minimum Gasteiger partial charge on any atom is -0.382 e.